The van der Waals surface area contributed by atoms with Gasteiger partial charge >= 0.3 is 6.03 Å². The van der Waals surface area contributed by atoms with Crippen LogP contribution in [0.2, 0.25) is 0 Å². The quantitative estimate of drug-likeness (QED) is 0.665. The Bertz CT molecular complexity index is 226. The molecule has 1 saturated heterocycles. The molecule has 1 atom stereocenters. The van der Waals surface area contributed by atoms with Gasteiger partial charge in [-0.2, -0.15) is 0 Å². The lowest BCUT2D eigenvalue weighted by atomic mass is 10.1. The maximum atomic E-state index is 11.6. The first-order chi connectivity index (χ1) is 6.77. The molecule has 1 unspecified atom stereocenters. The molecule has 1 aliphatic rings. The van der Waals surface area contributed by atoms with Crippen molar-refractivity contribution in [2.45, 2.75) is 38.6 Å². The van der Waals surface area contributed by atoms with E-state index in [9.17, 15) is 4.79 Å². The highest BCUT2D eigenvalue weighted by molar-refractivity contribution is 5.75. The fraction of sp³-hybridized carbons (Fsp3) is 0.727. The minimum absolute atomic E-state index is 0.00509. The Morgan fingerprint density at radius 1 is 1.50 bits per heavy atom. The fourth-order valence-corrected chi connectivity index (χ4v) is 1.60. The molecule has 0 spiro atoms. The van der Waals surface area contributed by atoms with E-state index in [1.165, 1.54) is 6.42 Å². The summed E-state index contributed by atoms with van der Waals surface area (Å²) in [6.07, 6.45) is 9.52. The number of likely N-dealkylation sites (tertiary alicyclic amines) is 1. The summed E-state index contributed by atoms with van der Waals surface area (Å²) in [5.74, 6) is 2.56. The molecule has 1 rings (SSSR count). The van der Waals surface area contributed by atoms with E-state index >= 15 is 0 Å². The van der Waals surface area contributed by atoms with Crippen molar-refractivity contribution in [1.82, 2.24) is 10.2 Å². The molecule has 1 fully saturated rings. The number of terminal acetylenes is 1. The number of amides is 2. The van der Waals surface area contributed by atoms with E-state index in [1.54, 1.807) is 0 Å². The predicted octanol–water partition coefficient (Wildman–Crippen LogP) is 1.59. The molecule has 1 aliphatic heterocycles. The van der Waals surface area contributed by atoms with Crippen LogP contribution in [0.3, 0.4) is 0 Å². The van der Waals surface area contributed by atoms with Crippen LogP contribution in [-0.4, -0.2) is 30.1 Å². The highest BCUT2D eigenvalue weighted by Gasteiger charge is 2.17. The van der Waals surface area contributed by atoms with E-state index in [0.717, 1.165) is 32.4 Å². The zero-order valence-electron chi connectivity index (χ0n) is 8.75. The third-order valence-corrected chi connectivity index (χ3v) is 2.55. The topological polar surface area (TPSA) is 32.3 Å². The summed E-state index contributed by atoms with van der Waals surface area (Å²) >= 11 is 0. The van der Waals surface area contributed by atoms with Crippen molar-refractivity contribution in [2.75, 3.05) is 13.1 Å². The number of rotatable bonds is 2. The molecule has 0 aliphatic carbocycles. The van der Waals surface area contributed by atoms with Crippen molar-refractivity contribution in [2.24, 2.45) is 0 Å². The summed E-state index contributed by atoms with van der Waals surface area (Å²) < 4.78 is 0. The monoisotopic (exact) mass is 194 g/mol. The summed E-state index contributed by atoms with van der Waals surface area (Å²) in [5.41, 5.74) is 0. The van der Waals surface area contributed by atoms with E-state index in [4.69, 9.17) is 6.42 Å². The Kier molecular flexibility index (Phi) is 4.31. The number of carbonyl (C=O) groups is 1. The van der Waals surface area contributed by atoms with Gasteiger partial charge in [-0.05, 0) is 25.7 Å². The Balaban J connectivity index is 2.36. The van der Waals surface area contributed by atoms with Crippen LogP contribution < -0.4 is 5.32 Å². The highest BCUT2D eigenvalue weighted by Crippen LogP contribution is 2.08. The second kappa shape index (κ2) is 5.54. The average molecular weight is 194 g/mol. The highest BCUT2D eigenvalue weighted by atomic mass is 16.2. The van der Waals surface area contributed by atoms with Gasteiger partial charge in [-0.25, -0.2) is 4.79 Å². The smallest absolute Gasteiger partial charge is 0.318 e. The predicted molar refractivity (Wildman–Crippen MR) is 56.9 cm³/mol. The minimum Gasteiger partial charge on any atom is -0.325 e. The molecule has 0 aromatic heterocycles. The lowest BCUT2D eigenvalue weighted by molar-refractivity contribution is 0.184. The van der Waals surface area contributed by atoms with Crippen molar-refractivity contribution in [1.29, 1.82) is 0 Å². The third-order valence-electron chi connectivity index (χ3n) is 2.55. The molecule has 0 saturated carbocycles. The number of hydrogen-bond donors (Lipinski definition) is 1. The van der Waals surface area contributed by atoms with Gasteiger partial charge < -0.3 is 10.2 Å². The van der Waals surface area contributed by atoms with Crippen molar-refractivity contribution < 1.29 is 4.79 Å². The van der Waals surface area contributed by atoms with Crippen LogP contribution in [0.4, 0.5) is 4.79 Å². The number of piperidine rings is 1. The van der Waals surface area contributed by atoms with E-state index in [1.807, 2.05) is 11.8 Å². The van der Waals surface area contributed by atoms with Crippen molar-refractivity contribution in [3.8, 4) is 12.3 Å². The van der Waals surface area contributed by atoms with E-state index in [-0.39, 0.29) is 12.1 Å². The SMILES string of the molecule is C#CC(CC)NC(=O)N1CCCCC1. The summed E-state index contributed by atoms with van der Waals surface area (Å²) in [4.78, 5) is 13.5. The van der Waals surface area contributed by atoms with Gasteiger partial charge in [0, 0.05) is 13.1 Å². The van der Waals surface area contributed by atoms with Gasteiger partial charge in [-0.3, -0.25) is 0 Å². The zero-order valence-corrected chi connectivity index (χ0v) is 8.75. The molecule has 3 heteroatoms. The Labute approximate surface area is 85.9 Å². The van der Waals surface area contributed by atoms with Crippen LogP contribution in [-0.2, 0) is 0 Å². The van der Waals surface area contributed by atoms with Crippen LogP contribution >= 0.6 is 0 Å². The Hall–Kier alpha value is -1.17. The Morgan fingerprint density at radius 3 is 2.64 bits per heavy atom. The fourth-order valence-electron chi connectivity index (χ4n) is 1.60. The van der Waals surface area contributed by atoms with Gasteiger partial charge in [0.15, 0.2) is 0 Å². The average Bonchev–Trinajstić information content (AvgIpc) is 2.26. The van der Waals surface area contributed by atoms with Gasteiger partial charge in [0.2, 0.25) is 0 Å². The maximum Gasteiger partial charge on any atom is 0.318 e. The molecule has 0 aromatic rings. The first-order valence-corrected chi connectivity index (χ1v) is 5.29. The molecular formula is C11H18N2O. The van der Waals surface area contributed by atoms with Gasteiger partial charge in [0.05, 0.1) is 6.04 Å². The first kappa shape index (κ1) is 10.9. The molecule has 3 nitrogen and oxygen atoms in total. The molecule has 78 valence electrons. The van der Waals surface area contributed by atoms with Crippen molar-refractivity contribution in [3.63, 3.8) is 0 Å². The van der Waals surface area contributed by atoms with Crippen LogP contribution in [0.15, 0.2) is 0 Å². The molecule has 0 aromatic carbocycles. The van der Waals surface area contributed by atoms with Crippen molar-refractivity contribution in [3.05, 3.63) is 0 Å². The molecule has 1 heterocycles. The van der Waals surface area contributed by atoms with Gasteiger partial charge in [-0.15, -0.1) is 6.42 Å². The molecule has 0 bridgehead atoms. The Morgan fingerprint density at radius 2 is 2.14 bits per heavy atom. The van der Waals surface area contributed by atoms with Gasteiger partial charge in [0.25, 0.3) is 0 Å². The summed E-state index contributed by atoms with van der Waals surface area (Å²) in [6.45, 7) is 3.71. The number of urea groups is 1. The summed E-state index contributed by atoms with van der Waals surface area (Å²) in [5, 5.41) is 2.84. The summed E-state index contributed by atoms with van der Waals surface area (Å²) in [7, 11) is 0. The molecule has 0 radical (unpaired) electrons. The van der Waals surface area contributed by atoms with Crippen LogP contribution in [0, 0.1) is 12.3 Å². The normalized spacial score (nSPS) is 18.4. The van der Waals surface area contributed by atoms with Crippen LogP contribution in [0.1, 0.15) is 32.6 Å². The van der Waals surface area contributed by atoms with Gasteiger partial charge in [0.1, 0.15) is 0 Å². The van der Waals surface area contributed by atoms with Crippen LogP contribution in [0.5, 0.6) is 0 Å². The zero-order chi connectivity index (χ0) is 10.4. The largest absolute Gasteiger partial charge is 0.325 e. The standard InChI is InChI=1S/C11H18N2O/c1-3-10(4-2)12-11(14)13-8-6-5-7-9-13/h1,10H,4-9H2,2H3,(H,12,14). The second-order valence-electron chi connectivity index (χ2n) is 3.62. The third kappa shape index (κ3) is 2.95. The number of carbonyl (C=O) groups excluding carboxylic acids is 1. The summed E-state index contributed by atoms with van der Waals surface area (Å²) in [6, 6.07) is -0.126. The number of nitrogens with zero attached hydrogens (tertiary/aromatic N) is 1. The van der Waals surface area contributed by atoms with Gasteiger partial charge in [-0.1, -0.05) is 12.8 Å². The first-order valence-electron chi connectivity index (χ1n) is 5.29. The lowest BCUT2D eigenvalue weighted by Crippen LogP contribution is -2.46. The molecular weight excluding hydrogens is 176 g/mol. The van der Waals surface area contributed by atoms with E-state index in [2.05, 4.69) is 11.2 Å². The minimum atomic E-state index is -0.121. The van der Waals surface area contributed by atoms with E-state index in [0.29, 0.717) is 0 Å². The lowest BCUT2D eigenvalue weighted by Gasteiger charge is -2.27. The second-order valence-corrected chi connectivity index (χ2v) is 3.62. The van der Waals surface area contributed by atoms with Crippen LogP contribution in [0.25, 0.3) is 0 Å². The molecule has 14 heavy (non-hydrogen) atoms. The van der Waals surface area contributed by atoms with E-state index < -0.39 is 0 Å². The number of hydrogen-bond acceptors (Lipinski definition) is 1. The number of nitrogens with one attached hydrogen (secondary N) is 1. The maximum absolute atomic E-state index is 11.6. The molecule has 2 amide bonds. The van der Waals surface area contributed by atoms with Crippen molar-refractivity contribution >= 4 is 6.03 Å². The molecule has 1 N–H and O–H groups in total.